The Labute approximate surface area is 104 Å². The molecule has 2 rings (SSSR count). The smallest absolute Gasteiger partial charge is 0.307 e. The number of anilines is 1. The number of hydrogen-bond acceptors (Lipinski definition) is 5. The monoisotopic (exact) mass is 250 g/mol. The molecule has 7 nitrogen and oxygen atoms in total. The molecular formula is C11H14N4O3. The fourth-order valence-electron chi connectivity index (χ4n) is 1.71. The molecule has 2 heterocycles. The van der Waals surface area contributed by atoms with E-state index in [0.29, 0.717) is 24.6 Å². The van der Waals surface area contributed by atoms with Gasteiger partial charge in [-0.2, -0.15) is 0 Å². The maximum Gasteiger partial charge on any atom is 0.307 e. The number of piperazine rings is 1. The molecule has 1 amide bonds. The summed E-state index contributed by atoms with van der Waals surface area (Å²) in [6.45, 7) is 1.58. The van der Waals surface area contributed by atoms with Crippen molar-refractivity contribution in [2.45, 2.75) is 6.42 Å². The number of nitrogens with zero attached hydrogens (tertiary/aromatic N) is 4. The van der Waals surface area contributed by atoms with Gasteiger partial charge in [0.25, 0.3) is 0 Å². The lowest BCUT2D eigenvalue weighted by molar-refractivity contribution is -0.136. The summed E-state index contributed by atoms with van der Waals surface area (Å²) in [5.41, 5.74) is 0.548. The zero-order chi connectivity index (χ0) is 13.1. The summed E-state index contributed by atoms with van der Waals surface area (Å²) in [5.74, 6) is -0.425. The van der Waals surface area contributed by atoms with Gasteiger partial charge in [-0.15, -0.1) is 0 Å². The van der Waals surface area contributed by atoms with Crippen molar-refractivity contribution in [3.63, 3.8) is 0 Å². The zero-order valence-corrected chi connectivity index (χ0v) is 10.0. The van der Waals surface area contributed by atoms with Crippen molar-refractivity contribution in [1.82, 2.24) is 14.9 Å². The number of aromatic nitrogens is 2. The first-order chi connectivity index (χ1) is 8.56. The maximum atomic E-state index is 11.5. The van der Waals surface area contributed by atoms with Crippen molar-refractivity contribution in [1.29, 1.82) is 0 Å². The van der Waals surface area contributed by atoms with Crippen LogP contribution in [0.1, 0.15) is 5.56 Å². The first-order valence-electron chi connectivity index (χ1n) is 5.58. The molecule has 1 fully saturated rings. The van der Waals surface area contributed by atoms with Crippen LogP contribution >= 0.6 is 0 Å². The van der Waals surface area contributed by atoms with Crippen molar-refractivity contribution in [3.8, 4) is 0 Å². The SMILES string of the molecule is CN1CCN(c2ncc(CC(=O)O)cn2)CC1=O. The molecule has 0 aliphatic carbocycles. The fraction of sp³-hybridized carbons (Fsp3) is 0.455. The Hall–Kier alpha value is -2.18. The van der Waals surface area contributed by atoms with E-state index in [-0.39, 0.29) is 18.9 Å². The predicted molar refractivity (Wildman–Crippen MR) is 63.2 cm³/mol. The molecule has 7 heteroatoms. The molecule has 0 radical (unpaired) electrons. The Balaban J connectivity index is 2.05. The maximum absolute atomic E-state index is 11.5. The van der Waals surface area contributed by atoms with Gasteiger partial charge in [-0.1, -0.05) is 0 Å². The summed E-state index contributed by atoms with van der Waals surface area (Å²) >= 11 is 0. The Bertz CT molecular complexity index is 460. The standard InChI is InChI=1S/C11H14N4O3/c1-14-2-3-15(7-9(14)16)11-12-5-8(6-13-11)4-10(17)18/h5-6H,2-4,7H2,1H3,(H,17,18). The van der Waals surface area contributed by atoms with Gasteiger partial charge in [-0.3, -0.25) is 9.59 Å². The molecular weight excluding hydrogens is 236 g/mol. The van der Waals surface area contributed by atoms with Gasteiger partial charge in [0, 0.05) is 38.1 Å². The number of likely N-dealkylation sites (N-methyl/N-ethyl adjacent to an activating group) is 1. The third kappa shape index (κ3) is 2.73. The van der Waals surface area contributed by atoms with E-state index in [4.69, 9.17) is 5.11 Å². The van der Waals surface area contributed by atoms with E-state index in [0.717, 1.165) is 0 Å². The number of carbonyl (C=O) groups is 2. The summed E-state index contributed by atoms with van der Waals surface area (Å²) in [4.78, 5) is 33.7. The second-order valence-electron chi connectivity index (χ2n) is 4.20. The lowest BCUT2D eigenvalue weighted by atomic mass is 10.2. The van der Waals surface area contributed by atoms with Gasteiger partial charge in [-0.05, 0) is 0 Å². The summed E-state index contributed by atoms with van der Waals surface area (Å²) in [5, 5.41) is 8.63. The Morgan fingerprint density at radius 2 is 2.06 bits per heavy atom. The second-order valence-corrected chi connectivity index (χ2v) is 4.20. The number of hydrogen-bond donors (Lipinski definition) is 1. The number of carboxylic acid groups (broad SMARTS) is 1. The molecule has 0 aromatic carbocycles. The Morgan fingerprint density at radius 1 is 1.39 bits per heavy atom. The van der Waals surface area contributed by atoms with Crippen LogP contribution in [-0.2, 0) is 16.0 Å². The van der Waals surface area contributed by atoms with Crippen LogP contribution in [-0.4, -0.2) is 58.5 Å². The van der Waals surface area contributed by atoms with Crippen LogP contribution in [0.5, 0.6) is 0 Å². The molecule has 0 saturated carbocycles. The second kappa shape index (κ2) is 4.99. The Kier molecular flexibility index (Phi) is 3.40. The minimum Gasteiger partial charge on any atom is -0.481 e. The van der Waals surface area contributed by atoms with Crippen LogP contribution in [0.3, 0.4) is 0 Å². The number of rotatable bonds is 3. The average Bonchev–Trinajstić information content (AvgIpc) is 2.33. The third-order valence-electron chi connectivity index (χ3n) is 2.79. The normalized spacial score (nSPS) is 15.9. The van der Waals surface area contributed by atoms with E-state index in [1.807, 2.05) is 0 Å². The van der Waals surface area contributed by atoms with Gasteiger partial charge in [-0.25, -0.2) is 9.97 Å². The van der Waals surface area contributed by atoms with Crippen LogP contribution in [0.25, 0.3) is 0 Å². The average molecular weight is 250 g/mol. The molecule has 1 N–H and O–H groups in total. The van der Waals surface area contributed by atoms with Gasteiger partial charge in [0.1, 0.15) is 0 Å². The largest absolute Gasteiger partial charge is 0.481 e. The highest BCUT2D eigenvalue weighted by atomic mass is 16.4. The zero-order valence-electron chi connectivity index (χ0n) is 10.0. The topological polar surface area (TPSA) is 86.6 Å². The van der Waals surface area contributed by atoms with Crippen molar-refractivity contribution in [2.24, 2.45) is 0 Å². The highest BCUT2D eigenvalue weighted by Gasteiger charge is 2.22. The minimum absolute atomic E-state index is 0.0273. The van der Waals surface area contributed by atoms with Crippen LogP contribution < -0.4 is 4.90 Å². The van der Waals surface area contributed by atoms with Crippen LogP contribution in [0.2, 0.25) is 0 Å². The summed E-state index contributed by atoms with van der Waals surface area (Å²) in [6.07, 6.45) is 2.88. The summed E-state index contributed by atoms with van der Waals surface area (Å²) in [6, 6.07) is 0. The minimum atomic E-state index is -0.916. The van der Waals surface area contributed by atoms with E-state index in [1.54, 1.807) is 16.8 Å². The van der Waals surface area contributed by atoms with E-state index in [2.05, 4.69) is 9.97 Å². The van der Waals surface area contributed by atoms with E-state index >= 15 is 0 Å². The molecule has 0 bridgehead atoms. The number of carbonyl (C=O) groups excluding carboxylic acids is 1. The van der Waals surface area contributed by atoms with Crippen LogP contribution in [0.4, 0.5) is 5.95 Å². The first kappa shape index (κ1) is 12.3. The summed E-state index contributed by atoms with van der Waals surface area (Å²) < 4.78 is 0. The number of carboxylic acids is 1. The van der Waals surface area contributed by atoms with E-state index < -0.39 is 5.97 Å². The molecule has 1 aromatic rings. The molecule has 1 aromatic heterocycles. The lowest BCUT2D eigenvalue weighted by Crippen LogP contribution is -2.49. The molecule has 1 aliphatic rings. The number of aliphatic carboxylic acids is 1. The highest BCUT2D eigenvalue weighted by molar-refractivity contribution is 5.81. The Morgan fingerprint density at radius 3 is 2.61 bits per heavy atom. The van der Waals surface area contributed by atoms with Gasteiger partial charge >= 0.3 is 5.97 Å². The van der Waals surface area contributed by atoms with E-state index in [9.17, 15) is 9.59 Å². The predicted octanol–water partition coefficient (Wildman–Crippen LogP) is -0.618. The molecule has 0 atom stereocenters. The van der Waals surface area contributed by atoms with Crippen molar-refractivity contribution < 1.29 is 14.7 Å². The highest BCUT2D eigenvalue weighted by Crippen LogP contribution is 2.10. The molecule has 0 unspecified atom stereocenters. The molecule has 96 valence electrons. The van der Waals surface area contributed by atoms with Crippen molar-refractivity contribution in [2.75, 3.05) is 31.6 Å². The molecule has 1 aliphatic heterocycles. The number of amides is 1. The van der Waals surface area contributed by atoms with Crippen LogP contribution in [0.15, 0.2) is 12.4 Å². The lowest BCUT2D eigenvalue weighted by Gasteiger charge is -2.31. The molecule has 0 spiro atoms. The first-order valence-corrected chi connectivity index (χ1v) is 5.58. The van der Waals surface area contributed by atoms with E-state index in [1.165, 1.54) is 12.4 Å². The summed E-state index contributed by atoms with van der Waals surface area (Å²) in [7, 11) is 1.76. The van der Waals surface area contributed by atoms with Crippen molar-refractivity contribution >= 4 is 17.8 Å². The van der Waals surface area contributed by atoms with Gasteiger partial charge in [0.2, 0.25) is 11.9 Å². The van der Waals surface area contributed by atoms with Crippen molar-refractivity contribution in [3.05, 3.63) is 18.0 Å². The van der Waals surface area contributed by atoms with Crippen LogP contribution in [0, 0.1) is 0 Å². The van der Waals surface area contributed by atoms with Gasteiger partial charge in [0.15, 0.2) is 0 Å². The fourth-order valence-corrected chi connectivity index (χ4v) is 1.71. The quantitative estimate of drug-likeness (QED) is 0.769. The third-order valence-corrected chi connectivity index (χ3v) is 2.79. The molecule has 18 heavy (non-hydrogen) atoms. The van der Waals surface area contributed by atoms with Gasteiger partial charge < -0.3 is 14.9 Å². The molecule has 1 saturated heterocycles. The van der Waals surface area contributed by atoms with Gasteiger partial charge in [0.05, 0.1) is 13.0 Å².